The lowest BCUT2D eigenvalue weighted by Crippen LogP contribution is -2.50. The molecular weight excluding hydrogens is 499 g/mol. The number of ether oxygens (including phenoxy) is 2. The minimum atomic E-state index is -0.875. The molecule has 2 bridgehead atoms. The van der Waals surface area contributed by atoms with Gasteiger partial charge in [0.05, 0.1) is 31.8 Å². The Hall–Kier alpha value is -2.86. The van der Waals surface area contributed by atoms with Gasteiger partial charge in [-0.25, -0.2) is 14.2 Å². The second kappa shape index (κ2) is 9.65. The Kier molecular flexibility index (Phi) is 6.58. The first-order chi connectivity index (χ1) is 16.9. The second-order valence-electron chi connectivity index (χ2n) is 8.50. The zero-order valence-corrected chi connectivity index (χ0v) is 20.2. The van der Waals surface area contributed by atoms with Crippen molar-refractivity contribution in [3.05, 3.63) is 62.5 Å². The van der Waals surface area contributed by atoms with E-state index in [4.69, 9.17) is 26.1 Å². The number of amidine groups is 1. The molecule has 2 N–H and O–H groups in total. The highest BCUT2D eigenvalue weighted by molar-refractivity contribution is 7.11. The molecule has 3 aliphatic heterocycles. The van der Waals surface area contributed by atoms with Crippen molar-refractivity contribution in [2.45, 2.75) is 24.5 Å². The zero-order valence-electron chi connectivity index (χ0n) is 18.6. The number of nitrogens with zero attached hydrogens (tertiary/aromatic N) is 3. The number of carboxylic acid groups (broad SMARTS) is 1. The van der Waals surface area contributed by atoms with Crippen LogP contribution in [0.25, 0.3) is 0 Å². The standard InChI is InChI=1S/C23H22ClFN4O5S/c1-33-23(32)18-16(8-29-12-7-14(22(30)31)17(29)10-34-9-12)27-20(21-26-4-5-35-21)28-19(18)13-3-2-11(25)6-15(13)24/h2-6,12,14,17,19H,7-10H2,1H3,(H,27,28)(H,30,31). The maximum Gasteiger partial charge on any atom is 0.338 e. The highest BCUT2D eigenvalue weighted by Gasteiger charge is 2.48. The van der Waals surface area contributed by atoms with E-state index in [0.717, 1.165) is 0 Å². The number of hydrogen-bond acceptors (Lipinski definition) is 9. The van der Waals surface area contributed by atoms with Gasteiger partial charge in [-0.15, -0.1) is 11.3 Å². The summed E-state index contributed by atoms with van der Waals surface area (Å²) < 4.78 is 24.5. The first-order valence-corrected chi connectivity index (χ1v) is 12.2. The number of morpholine rings is 1. The van der Waals surface area contributed by atoms with E-state index in [9.17, 15) is 19.1 Å². The van der Waals surface area contributed by atoms with Gasteiger partial charge in [0.15, 0.2) is 10.8 Å². The monoisotopic (exact) mass is 520 g/mol. The average molecular weight is 521 g/mol. The summed E-state index contributed by atoms with van der Waals surface area (Å²) >= 11 is 7.76. The van der Waals surface area contributed by atoms with Gasteiger partial charge >= 0.3 is 11.9 Å². The summed E-state index contributed by atoms with van der Waals surface area (Å²) in [5.41, 5.74) is 1.17. The van der Waals surface area contributed by atoms with E-state index in [-0.39, 0.29) is 35.8 Å². The smallest absolute Gasteiger partial charge is 0.338 e. The Morgan fingerprint density at radius 1 is 1.40 bits per heavy atom. The minimum Gasteiger partial charge on any atom is -0.481 e. The predicted molar refractivity (Wildman–Crippen MR) is 126 cm³/mol. The van der Waals surface area contributed by atoms with Gasteiger partial charge in [-0.1, -0.05) is 17.7 Å². The molecule has 3 aliphatic rings. The number of thiazole rings is 1. The summed E-state index contributed by atoms with van der Waals surface area (Å²) in [6, 6.07) is 2.60. The number of carbonyl (C=O) groups is 2. The van der Waals surface area contributed by atoms with Crippen LogP contribution in [0.3, 0.4) is 0 Å². The molecule has 4 unspecified atom stereocenters. The topological polar surface area (TPSA) is 113 Å². The van der Waals surface area contributed by atoms with Crippen LogP contribution in [-0.4, -0.2) is 71.7 Å². The molecule has 2 saturated heterocycles. The Bertz CT molecular complexity index is 1220. The SMILES string of the molecule is COC(=O)C1=C(CN2C3COCC2C(C(=O)O)C3)NC(c2nccs2)=NC1c1ccc(F)cc1Cl. The highest BCUT2D eigenvalue weighted by atomic mass is 35.5. The Morgan fingerprint density at radius 2 is 2.23 bits per heavy atom. The van der Waals surface area contributed by atoms with Crippen LogP contribution in [-0.2, 0) is 19.1 Å². The third-order valence-corrected chi connectivity index (χ3v) is 7.67. The molecule has 9 nitrogen and oxygen atoms in total. The van der Waals surface area contributed by atoms with Crippen molar-refractivity contribution < 1.29 is 28.6 Å². The normalized spacial score (nSPS) is 26.3. The first kappa shape index (κ1) is 23.9. The molecule has 35 heavy (non-hydrogen) atoms. The van der Waals surface area contributed by atoms with Crippen LogP contribution in [0.2, 0.25) is 5.02 Å². The molecule has 0 spiro atoms. The largest absolute Gasteiger partial charge is 0.481 e. The van der Waals surface area contributed by atoms with Gasteiger partial charge in [0.1, 0.15) is 11.9 Å². The summed E-state index contributed by atoms with van der Waals surface area (Å²) in [6.07, 6.45) is 2.10. The summed E-state index contributed by atoms with van der Waals surface area (Å²) in [5.74, 6) is -2.13. The molecule has 0 aliphatic carbocycles. The van der Waals surface area contributed by atoms with Crippen molar-refractivity contribution in [3.63, 3.8) is 0 Å². The number of carboxylic acids is 1. The molecule has 12 heteroatoms. The van der Waals surface area contributed by atoms with E-state index < -0.39 is 29.7 Å². The van der Waals surface area contributed by atoms with Gasteiger partial charge in [0.2, 0.25) is 0 Å². The molecule has 4 atom stereocenters. The Balaban J connectivity index is 1.60. The van der Waals surface area contributed by atoms with E-state index in [2.05, 4.69) is 15.2 Å². The summed E-state index contributed by atoms with van der Waals surface area (Å²) in [5, 5.41) is 15.5. The van der Waals surface area contributed by atoms with Gasteiger partial charge in [0.25, 0.3) is 0 Å². The van der Waals surface area contributed by atoms with Crippen molar-refractivity contribution >= 4 is 40.7 Å². The quantitative estimate of drug-likeness (QED) is 0.559. The highest BCUT2D eigenvalue weighted by Crippen LogP contribution is 2.39. The molecule has 4 heterocycles. The molecule has 0 saturated carbocycles. The van der Waals surface area contributed by atoms with E-state index in [1.807, 2.05) is 0 Å². The summed E-state index contributed by atoms with van der Waals surface area (Å²) in [4.78, 5) is 36.0. The fourth-order valence-corrected chi connectivity index (χ4v) is 5.81. The molecule has 5 rings (SSSR count). The van der Waals surface area contributed by atoms with Gasteiger partial charge in [-0.3, -0.25) is 14.7 Å². The van der Waals surface area contributed by atoms with Crippen LogP contribution in [0.5, 0.6) is 0 Å². The summed E-state index contributed by atoms with van der Waals surface area (Å²) in [7, 11) is 1.27. The number of benzene rings is 1. The van der Waals surface area contributed by atoms with E-state index >= 15 is 0 Å². The Labute approximate surface area is 209 Å². The van der Waals surface area contributed by atoms with Gasteiger partial charge < -0.3 is 19.9 Å². The zero-order chi connectivity index (χ0) is 24.7. The van der Waals surface area contributed by atoms with Crippen LogP contribution < -0.4 is 5.32 Å². The minimum absolute atomic E-state index is 0.113. The third-order valence-electron chi connectivity index (χ3n) is 6.57. The predicted octanol–water partition coefficient (Wildman–Crippen LogP) is 2.63. The number of aliphatic carboxylic acids is 1. The molecule has 0 radical (unpaired) electrons. The number of aliphatic imine (C=N–C) groups is 1. The van der Waals surface area contributed by atoms with Gasteiger partial charge in [-0.05, 0) is 18.6 Å². The first-order valence-electron chi connectivity index (χ1n) is 10.9. The lowest BCUT2D eigenvalue weighted by Gasteiger charge is -2.37. The second-order valence-corrected chi connectivity index (χ2v) is 9.81. The third kappa shape index (κ3) is 4.44. The maximum atomic E-state index is 13.8. The molecule has 2 aromatic rings. The molecular formula is C23H22ClFN4O5S. The van der Waals surface area contributed by atoms with Crippen molar-refractivity contribution in [1.29, 1.82) is 0 Å². The van der Waals surface area contributed by atoms with Gasteiger partial charge in [-0.2, -0.15) is 0 Å². The van der Waals surface area contributed by atoms with Crippen LogP contribution in [0.1, 0.15) is 23.0 Å². The van der Waals surface area contributed by atoms with Crippen LogP contribution in [0.4, 0.5) is 4.39 Å². The number of hydrogen-bond donors (Lipinski definition) is 2. The van der Waals surface area contributed by atoms with Crippen LogP contribution in [0.15, 0.2) is 46.0 Å². The van der Waals surface area contributed by atoms with Crippen molar-refractivity contribution in [2.75, 3.05) is 26.9 Å². The van der Waals surface area contributed by atoms with Crippen molar-refractivity contribution in [2.24, 2.45) is 10.9 Å². The van der Waals surface area contributed by atoms with E-state index in [1.165, 1.54) is 36.6 Å². The fraction of sp³-hybridized carbons (Fsp3) is 0.391. The van der Waals surface area contributed by atoms with E-state index in [0.29, 0.717) is 35.1 Å². The molecule has 0 amide bonds. The van der Waals surface area contributed by atoms with Crippen molar-refractivity contribution in [1.82, 2.24) is 15.2 Å². The lowest BCUT2D eigenvalue weighted by molar-refractivity contribution is -0.143. The Morgan fingerprint density at radius 3 is 2.91 bits per heavy atom. The van der Waals surface area contributed by atoms with Crippen LogP contribution >= 0.6 is 22.9 Å². The number of esters is 1. The number of carbonyl (C=O) groups excluding carboxylic acids is 1. The molecule has 2 fully saturated rings. The number of methoxy groups -OCH3 is 1. The number of rotatable bonds is 6. The van der Waals surface area contributed by atoms with Crippen LogP contribution in [0, 0.1) is 11.7 Å². The summed E-state index contributed by atoms with van der Waals surface area (Å²) in [6.45, 7) is 0.934. The van der Waals surface area contributed by atoms with E-state index in [1.54, 1.807) is 11.6 Å². The number of aromatic nitrogens is 1. The number of nitrogens with one attached hydrogen (secondary N) is 1. The molecule has 1 aromatic heterocycles. The number of fused-ring (bicyclic) bond motifs is 2. The number of halogens is 2. The van der Waals surface area contributed by atoms with Gasteiger partial charge in [0, 0.05) is 46.5 Å². The lowest BCUT2D eigenvalue weighted by atomic mass is 9.95. The molecule has 184 valence electrons. The van der Waals surface area contributed by atoms with Crippen molar-refractivity contribution in [3.8, 4) is 0 Å². The maximum absolute atomic E-state index is 13.8. The fourth-order valence-electron chi connectivity index (χ4n) is 4.95. The molecule has 1 aromatic carbocycles. The average Bonchev–Trinajstić information content (AvgIpc) is 3.42.